The van der Waals surface area contributed by atoms with Crippen molar-refractivity contribution in [2.24, 2.45) is 0 Å². The fraction of sp³-hybridized carbons (Fsp3) is 0.571. The van der Waals surface area contributed by atoms with Crippen molar-refractivity contribution >= 4 is 0 Å². The molecule has 1 aromatic heterocycles. The number of methoxy groups -OCH3 is 1. The monoisotopic (exact) mass is 193 g/mol. The van der Waals surface area contributed by atoms with Gasteiger partial charge in [-0.05, 0) is 6.92 Å². The van der Waals surface area contributed by atoms with Crippen LogP contribution in [0.1, 0.15) is 18.8 Å². The first-order valence-electron chi connectivity index (χ1n) is 3.52. The van der Waals surface area contributed by atoms with E-state index in [0.717, 1.165) is 10.9 Å². The number of hydrogen-bond donors (Lipinski definition) is 0. The largest absolute Gasteiger partial charge is 0.435 e. The van der Waals surface area contributed by atoms with E-state index in [1.807, 2.05) is 6.07 Å². The van der Waals surface area contributed by atoms with Gasteiger partial charge in [0, 0.05) is 19.4 Å². The topological polar surface area (TPSA) is 27.1 Å². The summed E-state index contributed by atoms with van der Waals surface area (Å²) < 4.78 is 41.9. The highest BCUT2D eigenvalue weighted by Gasteiger charge is 2.34. The van der Waals surface area contributed by atoms with Crippen molar-refractivity contribution in [3.05, 3.63) is 18.0 Å². The van der Waals surface area contributed by atoms with Crippen molar-refractivity contribution in [2.45, 2.75) is 19.3 Å². The zero-order valence-corrected chi connectivity index (χ0v) is 7.09. The molecule has 0 saturated heterocycles. The Morgan fingerprint density at radius 3 is 2.62 bits per heavy atom. The normalized spacial score (nSPS) is 14.5. The number of alkyl halides is 3. The van der Waals surface area contributed by atoms with Gasteiger partial charge in [-0.15, -0.1) is 0 Å². The predicted molar refractivity (Wildman–Crippen MR) is 37.8 cm³/mol. The average Bonchev–Trinajstić information content (AvgIpc) is 2.50. The number of nitrogens with zero attached hydrogens (tertiary/aromatic N) is 2. The number of ether oxygens (including phenoxy) is 1. The van der Waals surface area contributed by atoms with Gasteiger partial charge in [-0.25, -0.2) is 4.68 Å². The van der Waals surface area contributed by atoms with Gasteiger partial charge in [0.25, 0.3) is 0 Å². The van der Waals surface area contributed by atoms with Gasteiger partial charge in [0.15, 0.2) is 5.69 Å². The fourth-order valence-corrected chi connectivity index (χ4v) is 0.733. The number of halogens is 3. The van der Waals surface area contributed by atoms with Crippen molar-refractivity contribution in [2.75, 3.05) is 7.11 Å². The van der Waals surface area contributed by atoms with Crippen LogP contribution < -0.4 is 0 Å². The fourth-order valence-electron chi connectivity index (χ4n) is 0.733. The molecular weight excluding hydrogens is 185 g/mol. The maximum atomic E-state index is 12.0. The molecule has 0 aromatic carbocycles. The van der Waals surface area contributed by atoms with Crippen LogP contribution in [0.4, 0.5) is 13.2 Å². The first kappa shape index (κ1) is 10.0. The summed E-state index contributed by atoms with van der Waals surface area (Å²) >= 11 is 0. The molecule has 6 heteroatoms. The van der Waals surface area contributed by atoms with Crippen LogP contribution >= 0.6 is 0 Å². The van der Waals surface area contributed by atoms with Gasteiger partial charge in [-0.2, -0.15) is 18.3 Å². The van der Waals surface area contributed by atoms with Gasteiger partial charge in [0.2, 0.25) is 0 Å². The predicted octanol–water partition coefficient (Wildman–Crippen LogP) is 1.87. The van der Waals surface area contributed by atoms with Crippen molar-refractivity contribution < 1.29 is 17.9 Å². The number of aromatic nitrogens is 2. The molecule has 1 aromatic rings. The SMILES string of the molecule is COC(C)n1c[c]c(C(F)(F)F)n1. The van der Waals surface area contributed by atoms with Crippen molar-refractivity contribution in [3.63, 3.8) is 0 Å². The number of hydrogen-bond acceptors (Lipinski definition) is 2. The van der Waals surface area contributed by atoms with E-state index < -0.39 is 18.1 Å². The third kappa shape index (κ3) is 2.21. The van der Waals surface area contributed by atoms with Gasteiger partial charge in [0.1, 0.15) is 6.23 Å². The lowest BCUT2D eigenvalue weighted by molar-refractivity contribution is -0.142. The zero-order chi connectivity index (χ0) is 10.1. The second-order valence-corrected chi connectivity index (χ2v) is 2.43. The summed E-state index contributed by atoms with van der Waals surface area (Å²) in [6, 6.07) is 2.01. The molecule has 73 valence electrons. The summed E-state index contributed by atoms with van der Waals surface area (Å²) in [6.07, 6.45) is -3.86. The van der Waals surface area contributed by atoms with E-state index in [2.05, 4.69) is 5.10 Å². The molecule has 0 N–H and O–H groups in total. The van der Waals surface area contributed by atoms with E-state index in [4.69, 9.17) is 4.74 Å². The van der Waals surface area contributed by atoms with Gasteiger partial charge >= 0.3 is 6.18 Å². The lowest BCUT2D eigenvalue weighted by Crippen LogP contribution is -2.11. The van der Waals surface area contributed by atoms with E-state index in [1.165, 1.54) is 7.11 Å². The summed E-state index contributed by atoms with van der Waals surface area (Å²) in [4.78, 5) is 0. The Morgan fingerprint density at radius 1 is 1.62 bits per heavy atom. The standard InChI is InChI=1S/C7H8F3N2O/c1-5(13-2)12-4-3-6(11-12)7(8,9)10/h4-5H,1-2H3. The first-order valence-corrected chi connectivity index (χ1v) is 3.52. The molecule has 0 aliphatic carbocycles. The molecule has 0 amide bonds. The molecule has 0 saturated carbocycles. The summed E-state index contributed by atoms with van der Waals surface area (Å²) in [6.45, 7) is 1.58. The van der Waals surface area contributed by atoms with Gasteiger partial charge in [-0.3, -0.25) is 0 Å². The minimum Gasteiger partial charge on any atom is -0.360 e. The van der Waals surface area contributed by atoms with Crippen molar-refractivity contribution in [3.8, 4) is 0 Å². The second-order valence-electron chi connectivity index (χ2n) is 2.43. The van der Waals surface area contributed by atoms with E-state index in [9.17, 15) is 13.2 Å². The van der Waals surface area contributed by atoms with Crippen molar-refractivity contribution in [1.82, 2.24) is 9.78 Å². The maximum absolute atomic E-state index is 12.0. The molecule has 0 aliphatic heterocycles. The molecule has 3 nitrogen and oxygen atoms in total. The highest BCUT2D eigenvalue weighted by molar-refractivity contribution is 5.01. The Kier molecular flexibility index (Phi) is 2.60. The molecule has 0 bridgehead atoms. The summed E-state index contributed by atoms with van der Waals surface area (Å²) in [5.41, 5.74) is -1.03. The Labute approximate surface area is 73.1 Å². The van der Waals surface area contributed by atoms with E-state index in [1.54, 1.807) is 6.92 Å². The third-order valence-electron chi connectivity index (χ3n) is 1.53. The molecule has 1 atom stereocenters. The zero-order valence-electron chi connectivity index (χ0n) is 7.09. The van der Waals surface area contributed by atoms with Crippen LogP contribution in [0.15, 0.2) is 6.20 Å². The smallest absolute Gasteiger partial charge is 0.360 e. The van der Waals surface area contributed by atoms with Crippen LogP contribution in [-0.4, -0.2) is 16.9 Å². The van der Waals surface area contributed by atoms with Crippen LogP contribution in [0.25, 0.3) is 0 Å². The second kappa shape index (κ2) is 3.37. The van der Waals surface area contributed by atoms with E-state index in [0.29, 0.717) is 0 Å². The quantitative estimate of drug-likeness (QED) is 0.716. The lowest BCUT2D eigenvalue weighted by atomic mass is 10.4. The van der Waals surface area contributed by atoms with Crippen molar-refractivity contribution in [1.29, 1.82) is 0 Å². The minimum absolute atomic E-state index is 0.521. The molecule has 0 fully saturated rings. The molecular formula is C7H8F3N2O. The van der Waals surface area contributed by atoms with Crippen LogP contribution in [0, 0.1) is 6.07 Å². The number of rotatable bonds is 2. The summed E-state index contributed by atoms with van der Waals surface area (Å²) in [5.74, 6) is 0. The molecule has 0 aliphatic rings. The Hall–Kier alpha value is -1.04. The Morgan fingerprint density at radius 2 is 2.23 bits per heavy atom. The lowest BCUT2D eigenvalue weighted by Gasteiger charge is -2.09. The van der Waals surface area contributed by atoms with Gasteiger partial charge in [0.05, 0.1) is 0 Å². The molecule has 13 heavy (non-hydrogen) atoms. The first-order chi connectivity index (χ1) is 5.95. The highest BCUT2D eigenvalue weighted by atomic mass is 19.4. The van der Waals surface area contributed by atoms with Gasteiger partial charge < -0.3 is 4.74 Å². The van der Waals surface area contributed by atoms with Crippen LogP contribution in [0.3, 0.4) is 0 Å². The van der Waals surface area contributed by atoms with E-state index >= 15 is 0 Å². The van der Waals surface area contributed by atoms with Crippen LogP contribution in [0.2, 0.25) is 0 Å². The summed E-state index contributed by atoms with van der Waals surface area (Å²) in [5, 5.41) is 3.26. The molecule has 1 radical (unpaired) electrons. The van der Waals surface area contributed by atoms with Crippen LogP contribution in [0.5, 0.6) is 0 Å². The maximum Gasteiger partial charge on any atom is 0.435 e. The van der Waals surface area contributed by atoms with Crippen LogP contribution in [-0.2, 0) is 10.9 Å². The molecule has 1 heterocycles. The molecule has 0 spiro atoms. The Balaban J connectivity index is 2.87. The third-order valence-corrected chi connectivity index (χ3v) is 1.53. The highest BCUT2D eigenvalue weighted by Crippen LogP contribution is 2.27. The molecule has 1 rings (SSSR count). The Bertz CT molecular complexity index is 282. The molecule has 1 unspecified atom stereocenters. The summed E-state index contributed by atoms with van der Waals surface area (Å²) in [7, 11) is 1.39. The van der Waals surface area contributed by atoms with E-state index in [-0.39, 0.29) is 0 Å². The van der Waals surface area contributed by atoms with Gasteiger partial charge in [-0.1, -0.05) is 0 Å². The average molecular weight is 193 g/mol. The minimum atomic E-state index is -4.45.